The van der Waals surface area contributed by atoms with E-state index in [1.165, 1.54) is 0 Å². The lowest BCUT2D eigenvalue weighted by Crippen LogP contribution is -2.24. The first kappa shape index (κ1) is 14.3. The Morgan fingerprint density at radius 1 is 1.30 bits per heavy atom. The number of nitrogens with zero attached hydrogens (tertiary/aromatic N) is 2. The lowest BCUT2D eigenvalue weighted by atomic mass is 10.2. The quantitative estimate of drug-likeness (QED) is 0.544. The zero-order valence-electron chi connectivity index (χ0n) is 11.9. The Bertz CT molecular complexity index is 534. The monoisotopic (exact) mass is 273 g/mol. The van der Waals surface area contributed by atoms with Crippen LogP contribution in [0.1, 0.15) is 5.56 Å². The highest BCUT2D eigenvalue weighted by molar-refractivity contribution is 5.13. The number of hydrogen-bond acceptors (Lipinski definition) is 2. The highest BCUT2D eigenvalue weighted by atomic mass is 16.5. The van der Waals surface area contributed by atoms with E-state index in [0.29, 0.717) is 25.6 Å². The van der Waals surface area contributed by atoms with Gasteiger partial charge in [-0.1, -0.05) is 36.9 Å². The highest BCUT2D eigenvalue weighted by Gasteiger charge is 2.01. The molecule has 1 aromatic heterocycles. The van der Waals surface area contributed by atoms with E-state index in [1.807, 2.05) is 60.7 Å². The predicted octanol–water partition coefficient (Wildman–Crippen LogP) is 2.06. The number of imidazole rings is 1. The standard InChI is InChI=1S/C16H21N2O2/c1-15(12-19-13-16-6-4-3-5-7-16)20-11-10-18-9-8-17(2)14-18/h3-9,14H,1,10-13H2,2H3/q+1. The van der Waals surface area contributed by atoms with Crippen molar-refractivity contribution in [3.63, 3.8) is 0 Å². The normalized spacial score (nSPS) is 10.4. The van der Waals surface area contributed by atoms with E-state index in [9.17, 15) is 0 Å². The van der Waals surface area contributed by atoms with Gasteiger partial charge in [-0.2, -0.15) is 0 Å². The number of benzene rings is 1. The number of rotatable bonds is 8. The molecule has 0 bridgehead atoms. The van der Waals surface area contributed by atoms with Crippen LogP contribution in [0.2, 0.25) is 0 Å². The maximum atomic E-state index is 5.55. The molecule has 0 atom stereocenters. The van der Waals surface area contributed by atoms with Crippen molar-refractivity contribution in [1.29, 1.82) is 0 Å². The van der Waals surface area contributed by atoms with Crippen molar-refractivity contribution in [3.05, 3.63) is 67.0 Å². The average Bonchev–Trinajstić information content (AvgIpc) is 2.86. The second kappa shape index (κ2) is 7.50. The molecule has 0 unspecified atom stereocenters. The molecule has 20 heavy (non-hydrogen) atoms. The fourth-order valence-electron chi connectivity index (χ4n) is 1.83. The van der Waals surface area contributed by atoms with E-state index in [2.05, 4.69) is 11.1 Å². The van der Waals surface area contributed by atoms with Gasteiger partial charge in [0.25, 0.3) is 0 Å². The molecule has 106 valence electrons. The van der Waals surface area contributed by atoms with E-state index in [1.54, 1.807) is 0 Å². The van der Waals surface area contributed by atoms with Crippen molar-refractivity contribution in [2.24, 2.45) is 7.05 Å². The first-order chi connectivity index (χ1) is 9.74. The molecule has 0 saturated carbocycles. The average molecular weight is 273 g/mol. The van der Waals surface area contributed by atoms with Gasteiger partial charge in [-0.05, 0) is 5.56 Å². The minimum absolute atomic E-state index is 0.425. The molecule has 0 spiro atoms. The fraction of sp³-hybridized carbons (Fsp3) is 0.312. The minimum atomic E-state index is 0.425. The van der Waals surface area contributed by atoms with Gasteiger partial charge in [0, 0.05) is 0 Å². The number of ether oxygens (including phenoxy) is 2. The predicted molar refractivity (Wildman–Crippen MR) is 76.8 cm³/mol. The smallest absolute Gasteiger partial charge is 0.243 e. The summed E-state index contributed by atoms with van der Waals surface area (Å²) in [7, 11) is 1.99. The maximum Gasteiger partial charge on any atom is 0.243 e. The van der Waals surface area contributed by atoms with Crippen LogP contribution in [0, 0.1) is 0 Å². The maximum absolute atomic E-state index is 5.55. The Labute approximate surface area is 119 Å². The molecule has 2 rings (SSSR count). The van der Waals surface area contributed by atoms with Crippen LogP contribution < -0.4 is 4.57 Å². The summed E-state index contributed by atoms with van der Waals surface area (Å²) >= 11 is 0. The third-order valence-electron chi connectivity index (χ3n) is 2.85. The van der Waals surface area contributed by atoms with E-state index < -0.39 is 0 Å². The van der Waals surface area contributed by atoms with Gasteiger partial charge in [-0.25, -0.2) is 9.13 Å². The molecule has 0 radical (unpaired) electrons. The molecule has 0 fully saturated rings. The van der Waals surface area contributed by atoms with Crippen molar-refractivity contribution >= 4 is 0 Å². The molecule has 4 heteroatoms. The van der Waals surface area contributed by atoms with E-state index in [4.69, 9.17) is 9.47 Å². The Morgan fingerprint density at radius 3 is 2.80 bits per heavy atom. The first-order valence-corrected chi connectivity index (χ1v) is 6.67. The summed E-state index contributed by atoms with van der Waals surface area (Å²) in [6.07, 6.45) is 6.02. The number of aromatic nitrogens is 2. The van der Waals surface area contributed by atoms with Crippen LogP contribution in [-0.2, 0) is 29.7 Å². The van der Waals surface area contributed by atoms with Gasteiger partial charge < -0.3 is 9.47 Å². The van der Waals surface area contributed by atoms with E-state index in [0.717, 1.165) is 12.1 Å². The van der Waals surface area contributed by atoms with Crippen molar-refractivity contribution in [2.75, 3.05) is 13.2 Å². The Hall–Kier alpha value is -2.07. The summed E-state index contributed by atoms with van der Waals surface area (Å²) in [4.78, 5) is 0. The lowest BCUT2D eigenvalue weighted by molar-refractivity contribution is -0.671. The fourth-order valence-corrected chi connectivity index (χ4v) is 1.83. The van der Waals surface area contributed by atoms with Crippen molar-refractivity contribution < 1.29 is 14.0 Å². The molecule has 0 aliphatic rings. The van der Waals surface area contributed by atoms with Gasteiger partial charge in [0.2, 0.25) is 6.33 Å². The first-order valence-electron chi connectivity index (χ1n) is 6.67. The molecule has 0 N–H and O–H groups in total. The van der Waals surface area contributed by atoms with Crippen LogP contribution in [0.15, 0.2) is 61.4 Å². The lowest BCUT2D eigenvalue weighted by Gasteiger charge is -2.09. The number of hydrogen-bond donors (Lipinski definition) is 0. The topological polar surface area (TPSA) is 27.3 Å². The number of aryl methyl sites for hydroxylation is 1. The van der Waals surface area contributed by atoms with Gasteiger partial charge in [-0.15, -0.1) is 0 Å². The van der Waals surface area contributed by atoms with Crippen molar-refractivity contribution in [3.8, 4) is 0 Å². The van der Waals surface area contributed by atoms with Crippen LogP contribution in [0.4, 0.5) is 0 Å². The molecule has 1 heterocycles. The van der Waals surface area contributed by atoms with E-state index in [-0.39, 0.29) is 0 Å². The molecule has 0 aliphatic carbocycles. The summed E-state index contributed by atoms with van der Waals surface area (Å²) in [6.45, 7) is 6.27. The van der Waals surface area contributed by atoms with Crippen LogP contribution in [0.3, 0.4) is 0 Å². The van der Waals surface area contributed by atoms with Gasteiger partial charge >= 0.3 is 0 Å². The molecule has 0 saturated heterocycles. The summed E-state index contributed by atoms with van der Waals surface area (Å²) in [6, 6.07) is 10.1. The van der Waals surface area contributed by atoms with E-state index >= 15 is 0 Å². The Morgan fingerprint density at radius 2 is 2.10 bits per heavy atom. The molecule has 0 amide bonds. The highest BCUT2D eigenvalue weighted by Crippen LogP contribution is 2.03. The molecular formula is C16H21N2O2+. The molecular weight excluding hydrogens is 252 g/mol. The second-order valence-corrected chi connectivity index (χ2v) is 4.68. The zero-order chi connectivity index (χ0) is 14.2. The largest absolute Gasteiger partial charge is 0.492 e. The van der Waals surface area contributed by atoms with Crippen molar-refractivity contribution in [2.45, 2.75) is 13.2 Å². The summed E-state index contributed by atoms with van der Waals surface area (Å²) in [5.74, 6) is 0.664. The SMILES string of the molecule is C=C(COCc1ccccc1)OCCn1cc[n+](C)c1. The molecule has 2 aromatic rings. The van der Waals surface area contributed by atoms with Crippen LogP contribution in [0.25, 0.3) is 0 Å². The second-order valence-electron chi connectivity index (χ2n) is 4.68. The van der Waals surface area contributed by atoms with Gasteiger partial charge in [0.15, 0.2) is 0 Å². The minimum Gasteiger partial charge on any atom is -0.492 e. The summed E-state index contributed by atoms with van der Waals surface area (Å²) in [5.41, 5.74) is 1.15. The summed E-state index contributed by atoms with van der Waals surface area (Å²) in [5, 5.41) is 0. The van der Waals surface area contributed by atoms with Crippen LogP contribution >= 0.6 is 0 Å². The molecule has 1 aromatic carbocycles. The zero-order valence-corrected chi connectivity index (χ0v) is 11.9. The van der Waals surface area contributed by atoms with Crippen LogP contribution in [0.5, 0.6) is 0 Å². The summed E-state index contributed by atoms with van der Waals surface area (Å²) < 4.78 is 15.2. The van der Waals surface area contributed by atoms with Gasteiger partial charge in [-0.3, -0.25) is 0 Å². The Balaban J connectivity index is 1.59. The van der Waals surface area contributed by atoms with Gasteiger partial charge in [0.1, 0.15) is 37.9 Å². The molecule has 0 aliphatic heterocycles. The third-order valence-corrected chi connectivity index (χ3v) is 2.85. The van der Waals surface area contributed by atoms with Crippen LogP contribution in [-0.4, -0.2) is 17.8 Å². The Kier molecular flexibility index (Phi) is 5.38. The van der Waals surface area contributed by atoms with Gasteiger partial charge in [0.05, 0.1) is 13.7 Å². The molecule has 4 nitrogen and oxygen atoms in total. The third kappa shape index (κ3) is 4.90. The van der Waals surface area contributed by atoms with Crippen molar-refractivity contribution in [1.82, 2.24) is 4.57 Å².